The molecular weight excluding hydrogens is 467 g/mol. The Morgan fingerprint density at radius 3 is 2.58 bits per heavy atom. The summed E-state index contributed by atoms with van der Waals surface area (Å²) in [5.41, 5.74) is 0.556. The molecule has 3 unspecified atom stereocenters. The Balaban J connectivity index is 1.33. The van der Waals surface area contributed by atoms with Crippen LogP contribution in [0.5, 0.6) is 0 Å². The fourth-order valence-electron chi connectivity index (χ4n) is 5.00. The summed E-state index contributed by atoms with van der Waals surface area (Å²) in [5, 5.41) is 5.10. The fourth-order valence-corrected chi connectivity index (χ4v) is 5.00. The van der Waals surface area contributed by atoms with Crippen LogP contribution in [0.25, 0.3) is 0 Å². The van der Waals surface area contributed by atoms with Gasteiger partial charge in [-0.25, -0.2) is 9.18 Å². The lowest BCUT2D eigenvalue weighted by Gasteiger charge is -2.26. The number of benzene rings is 2. The van der Waals surface area contributed by atoms with E-state index in [1.54, 1.807) is 35.2 Å². The van der Waals surface area contributed by atoms with Crippen molar-refractivity contribution in [3.63, 3.8) is 0 Å². The third-order valence-electron chi connectivity index (χ3n) is 7.12. The van der Waals surface area contributed by atoms with Gasteiger partial charge < -0.3 is 25.2 Å². The van der Waals surface area contributed by atoms with E-state index in [9.17, 15) is 23.6 Å². The molecule has 0 bridgehead atoms. The van der Waals surface area contributed by atoms with E-state index >= 15 is 0 Å². The standard InChI is InChI=1S/C26H27FN4O5/c1-15-9-21(15)31(12-16-3-5-18(27)6-4-16)23(33)13-30-14-36-26(24(30)34)20-8-7-19(29-25(35)28-2)10-17(20)11-22(26)32/h3-8,10,15,21H,9,11-14H2,1-2H3,(H2,28,29,35). The maximum atomic E-state index is 13.5. The normalized spacial score (nSPS) is 24.1. The summed E-state index contributed by atoms with van der Waals surface area (Å²) in [6.07, 6.45) is 0.849. The van der Waals surface area contributed by atoms with Crippen molar-refractivity contribution < 1.29 is 28.3 Å². The highest BCUT2D eigenvalue weighted by molar-refractivity contribution is 6.15. The van der Waals surface area contributed by atoms with Crippen LogP contribution >= 0.6 is 0 Å². The highest BCUT2D eigenvalue weighted by Crippen LogP contribution is 2.43. The van der Waals surface area contributed by atoms with E-state index in [4.69, 9.17) is 4.74 Å². The van der Waals surface area contributed by atoms with Gasteiger partial charge in [-0.15, -0.1) is 0 Å². The van der Waals surface area contributed by atoms with Crippen molar-refractivity contribution in [3.8, 4) is 0 Å². The van der Waals surface area contributed by atoms with E-state index in [1.165, 1.54) is 24.1 Å². The molecule has 3 atom stereocenters. The molecule has 2 aromatic carbocycles. The number of rotatable bonds is 6. The minimum Gasteiger partial charge on any atom is -0.341 e. The van der Waals surface area contributed by atoms with Gasteiger partial charge in [0.2, 0.25) is 11.5 Å². The number of nitrogens with zero attached hydrogens (tertiary/aromatic N) is 2. The highest BCUT2D eigenvalue weighted by atomic mass is 19.1. The summed E-state index contributed by atoms with van der Waals surface area (Å²) in [7, 11) is 1.49. The number of carbonyl (C=O) groups is 4. The van der Waals surface area contributed by atoms with E-state index in [0.717, 1.165) is 12.0 Å². The molecule has 1 saturated carbocycles. The van der Waals surface area contributed by atoms with Gasteiger partial charge in [-0.1, -0.05) is 25.1 Å². The Morgan fingerprint density at radius 2 is 1.92 bits per heavy atom. The SMILES string of the molecule is CNC(=O)Nc1ccc2c(c1)CC(=O)C21OCN(CC(=O)N(Cc2ccc(F)cc2)C2CC2C)C1=O. The molecule has 10 heteroatoms. The van der Waals surface area contributed by atoms with Crippen LogP contribution in [-0.4, -0.2) is 59.8 Å². The third kappa shape index (κ3) is 4.11. The number of hydrogen-bond donors (Lipinski definition) is 2. The van der Waals surface area contributed by atoms with Crippen molar-refractivity contribution in [2.45, 2.75) is 38.0 Å². The summed E-state index contributed by atoms with van der Waals surface area (Å²) >= 11 is 0. The van der Waals surface area contributed by atoms with Gasteiger partial charge in [-0.3, -0.25) is 14.4 Å². The van der Waals surface area contributed by atoms with Crippen molar-refractivity contribution in [2.75, 3.05) is 25.6 Å². The molecule has 2 fully saturated rings. The number of Topliss-reactive ketones (excluding diaryl/α,β-unsaturated/α-hetero) is 1. The zero-order chi connectivity index (χ0) is 25.6. The Bertz CT molecular complexity index is 1250. The molecule has 0 aromatic heterocycles. The van der Waals surface area contributed by atoms with Gasteiger partial charge in [0, 0.05) is 37.3 Å². The molecule has 2 aromatic rings. The molecule has 2 N–H and O–H groups in total. The summed E-state index contributed by atoms with van der Waals surface area (Å²) in [5.74, 6) is -1.21. The van der Waals surface area contributed by atoms with Gasteiger partial charge in [-0.2, -0.15) is 0 Å². The second-order valence-electron chi connectivity index (χ2n) is 9.56. The van der Waals surface area contributed by atoms with Crippen molar-refractivity contribution in [2.24, 2.45) is 5.92 Å². The number of anilines is 1. The van der Waals surface area contributed by atoms with E-state index in [1.807, 2.05) is 0 Å². The second kappa shape index (κ2) is 9.02. The molecule has 1 aliphatic heterocycles. The number of nitrogens with one attached hydrogen (secondary N) is 2. The molecule has 1 heterocycles. The molecule has 1 saturated heterocycles. The van der Waals surface area contributed by atoms with Crippen LogP contribution in [0.2, 0.25) is 0 Å². The Kier molecular flexibility index (Phi) is 5.99. The quantitative estimate of drug-likeness (QED) is 0.599. The van der Waals surface area contributed by atoms with Gasteiger partial charge in [0.1, 0.15) is 19.1 Å². The molecular formula is C26H27FN4O5. The fraction of sp³-hybridized carbons (Fsp3) is 0.385. The molecule has 2 aliphatic carbocycles. The summed E-state index contributed by atoms with van der Waals surface area (Å²) < 4.78 is 19.1. The van der Waals surface area contributed by atoms with Crippen molar-refractivity contribution >= 4 is 29.3 Å². The molecule has 3 aliphatic rings. The predicted molar refractivity (Wildman–Crippen MR) is 127 cm³/mol. The number of urea groups is 1. The monoisotopic (exact) mass is 494 g/mol. The second-order valence-corrected chi connectivity index (χ2v) is 9.56. The number of carbonyl (C=O) groups excluding carboxylic acids is 4. The topological polar surface area (TPSA) is 108 Å². The minimum atomic E-state index is -1.77. The Hall–Kier alpha value is -3.79. The van der Waals surface area contributed by atoms with Crippen LogP contribution in [0, 0.1) is 11.7 Å². The first-order chi connectivity index (χ1) is 17.2. The van der Waals surface area contributed by atoms with E-state index < -0.39 is 23.3 Å². The van der Waals surface area contributed by atoms with E-state index in [0.29, 0.717) is 29.3 Å². The highest BCUT2D eigenvalue weighted by Gasteiger charge is 2.59. The van der Waals surface area contributed by atoms with Crippen molar-refractivity contribution in [1.29, 1.82) is 0 Å². The predicted octanol–water partition coefficient (Wildman–Crippen LogP) is 2.15. The smallest absolute Gasteiger partial charge is 0.318 e. The average molecular weight is 495 g/mol. The van der Waals surface area contributed by atoms with E-state index in [-0.39, 0.29) is 37.5 Å². The first kappa shape index (κ1) is 23.9. The van der Waals surface area contributed by atoms with Gasteiger partial charge in [0.05, 0.1) is 0 Å². The van der Waals surface area contributed by atoms with Gasteiger partial charge in [0.15, 0.2) is 5.78 Å². The molecule has 9 nitrogen and oxygen atoms in total. The number of ketones is 1. The first-order valence-corrected chi connectivity index (χ1v) is 11.9. The lowest BCUT2D eigenvalue weighted by atomic mass is 9.94. The molecule has 4 amide bonds. The van der Waals surface area contributed by atoms with Gasteiger partial charge >= 0.3 is 6.03 Å². The molecule has 1 spiro atoms. The van der Waals surface area contributed by atoms with Crippen molar-refractivity contribution in [3.05, 3.63) is 65.0 Å². The molecule has 5 rings (SSSR count). The van der Waals surface area contributed by atoms with Gasteiger partial charge in [-0.05, 0) is 47.7 Å². The van der Waals surface area contributed by atoms with E-state index in [2.05, 4.69) is 17.6 Å². The molecule has 188 valence electrons. The molecule has 0 radical (unpaired) electrons. The zero-order valence-electron chi connectivity index (χ0n) is 20.0. The first-order valence-electron chi connectivity index (χ1n) is 11.9. The maximum Gasteiger partial charge on any atom is 0.318 e. The summed E-state index contributed by atoms with van der Waals surface area (Å²) in [4.78, 5) is 54.5. The number of fused-ring (bicyclic) bond motifs is 2. The lowest BCUT2D eigenvalue weighted by molar-refractivity contribution is -0.149. The average Bonchev–Trinajstić information content (AvgIpc) is 3.39. The van der Waals surface area contributed by atoms with Crippen LogP contribution in [0.3, 0.4) is 0 Å². The van der Waals surface area contributed by atoms with Crippen molar-refractivity contribution in [1.82, 2.24) is 15.1 Å². The van der Waals surface area contributed by atoms with Crippen LogP contribution in [0.15, 0.2) is 42.5 Å². The minimum absolute atomic E-state index is 0.0115. The Morgan fingerprint density at radius 1 is 1.19 bits per heavy atom. The number of halogens is 1. The Labute approximate surface area is 207 Å². The largest absolute Gasteiger partial charge is 0.341 e. The number of amides is 4. The number of ether oxygens (including phenoxy) is 1. The molecule has 36 heavy (non-hydrogen) atoms. The van der Waals surface area contributed by atoms with Crippen LogP contribution in [0.4, 0.5) is 14.9 Å². The van der Waals surface area contributed by atoms with Crippen LogP contribution in [-0.2, 0) is 37.7 Å². The number of hydrogen-bond acceptors (Lipinski definition) is 5. The van der Waals surface area contributed by atoms with Gasteiger partial charge in [0.25, 0.3) is 5.91 Å². The lowest BCUT2D eigenvalue weighted by Crippen LogP contribution is -2.46. The van der Waals surface area contributed by atoms with Crippen LogP contribution < -0.4 is 10.6 Å². The summed E-state index contributed by atoms with van der Waals surface area (Å²) in [6, 6.07) is 10.5. The maximum absolute atomic E-state index is 13.5. The van der Waals surface area contributed by atoms with Crippen LogP contribution in [0.1, 0.15) is 30.0 Å². The third-order valence-corrected chi connectivity index (χ3v) is 7.12. The zero-order valence-corrected chi connectivity index (χ0v) is 20.0. The summed E-state index contributed by atoms with van der Waals surface area (Å²) in [6.45, 7) is 1.96.